The lowest BCUT2D eigenvalue weighted by Gasteiger charge is -1.82. The Morgan fingerprint density at radius 3 is 2.14 bits per heavy atom. The molecule has 0 aromatic carbocycles. The molecule has 1 aliphatic rings. The molecule has 0 N–H and O–H groups in total. The highest BCUT2D eigenvalue weighted by molar-refractivity contribution is 5.08. The van der Waals surface area contributed by atoms with Gasteiger partial charge in [-0.3, -0.25) is 0 Å². The van der Waals surface area contributed by atoms with Gasteiger partial charge in [0, 0.05) is 0 Å². The summed E-state index contributed by atoms with van der Waals surface area (Å²) in [5.41, 5.74) is 1.15. The first-order valence-electron chi connectivity index (χ1n) is 2.52. The standard InChI is InChI=1S/C6H10O/c1-4(2)6-5(3)7-6/h5-6H,1H2,2-3H3. The van der Waals surface area contributed by atoms with Gasteiger partial charge in [-0.2, -0.15) is 0 Å². The zero-order valence-electron chi connectivity index (χ0n) is 4.77. The van der Waals surface area contributed by atoms with Crippen molar-refractivity contribution in [1.29, 1.82) is 0 Å². The highest BCUT2D eigenvalue weighted by atomic mass is 16.6. The minimum atomic E-state index is 0.375. The molecule has 0 spiro atoms. The van der Waals surface area contributed by atoms with Crippen molar-refractivity contribution in [2.24, 2.45) is 0 Å². The monoisotopic (exact) mass is 98.1 g/mol. The van der Waals surface area contributed by atoms with Crippen LogP contribution in [0.2, 0.25) is 0 Å². The van der Waals surface area contributed by atoms with Crippen LogP contribution in [0.3, 0.4) is 0 Å². The molecule has 1 fully saturated rings. The van der Waals surface area contributed by atoms with Crippen LogP contribution < -0.4 is 0 Å². The second kappa shape index (κ2) is 1.34. The molecule has 2 atom stereocenters. The third kappa shape index (κ3) is 0.829. The van der Waals surface area contributed by atoms with Crippen molar-refractivity contribution < 1.29 is 4.74 Å². The summed E-state index contributed by atoms with van der Waals surface area (Å²) in [5.74, 6) is 0. The molecular formula is C6H10O. The molecule has 40 valence electrons. The third-order valence-electron chi connectivity index (χ3n) is 1.20. The van der Waals surface area contributed by atoms with Gasteiger partial charge in [0.1, 0.15) is 6.10 Å². The maximum absolute atomic E-state index is 5.08. The smallest absolute Gasteiger partial charge is 0.104 e. The van der Waals surface area contributed by atoms with E-state index in [4.69, 9.17) is 4.74 Å². The molecule has 0 bridgehead atoms. The Balaban J connectivity index is 2.33. The number of rotatable bonds is 1. The quantitative estimate of drug-likeness (QED) is 0.356. The fraction of sp³-hybridized carbons (Fsp3) is 0.667. The van der Waals surface area contributed by atoms with E-state index in [-0.39, 0.29) is 0 Å². The molecular weight excluding hydrogens is 88.1 g/mol. The number of epoxide rings is 1. The average molecular weight is 98.1 g/mol. The fourth-order valence-corrected chi connectivity index (χ4v) is 0.703. The zero-order chi connectivity index (χ0) is 5.44. The van der Waals surface area contributed by atoms with Crippen molar-refractivity contribution in [2.75, 3.05) is 0 Å². The number of hydrogen-bond acceptors (Lipinski definition) is 1. The normalized spacial score (nSPS) is 38.0. The lowest BCUT2D eigenvalue weighted by atomic mass is 10.2. The van der Waals surface area contributed by atoms with E-state index >= 15 is 0 Å². The average Bonchev–Trinajstić information content (AvgIpc) is 2.17. The topological polar surface area (TPSA) is 12.5 Å². The summed E-state index contributed by atoms with van der Waals surface area (Å²) >= 11 is 0. The first kappa shape index (κ1) is 4.85. The lowest BCUT2D eigenvalue weighted by molar-refractivity contribution is 0.395. The van der Waals surface area contributed by atoms with Crippen LogP contribution in [0.4, 0.5) is 0 Å². The number of hydrogen-bond donors (Lipinski definition) is 0. The van der Waals surface area contributed by atoms with E-state index in [9.17, 15) is 0 Å². The summed E-state index contributed by atoms with van der Waals surface area (Å²) in [6.45, 7) is 7.79. The van der Waals surface area contributed by atoms with Crippen LogP contribution in [0.5, 0.6) is 0 Å². The van der Waals surface area contributed by atoms with Gasteiger partial charge in [-0.05, 0) is 19.4 Å². The summed E-state index contributed by atoms with van der Waals surface area (Å²) in [4.78, 5) is 0. The van der Waals surface area contributed by atoms with E-state index in [1.165, 1.54) is 0 Å². The van der Waals surface area contributed by atoms with E-state index in [1.807, 2.05) is 6.92 Å². The molecule has 2 unspecified atom stereocenters. The Bertz CT molecular complexity index is 96.4. The Labute approximate surface area is 44.0 Å². The van der Waals surface area contributed by atoms with Crippen LogP contribution in [0.1, 0.15) is 13.8 Å². The van der Waals surface area contributed by atoms with Crippen LogP contribution in [-0.2, 0) is 4.74 Å². The first-order valence-corrected chi connectivity index (χ1v) is 2.52. The van der Waals surface area contributed by atoms with Crippen LogP contribution in [0, 0.1) is 0 Å². The first-order chi connectivity index (χ1) is 3.22. The van der Waals surface area contributed by atoms with Crippen molar-refractivity contribution in [2.45, 2.75) is 26.1 Å². The highest BCUT2D eigenvalue weighted by Gasteiger charge is 2.34. The molecule has 1 heteroatoms. The van der Waals surface area contributed by atoms with E-state index in [0.717, 1.165) is 5.57 Å². The van der Waals surface area contributed by atoms with Gasteiger partial charge in [-0.25, -0.2) is 0 Å². The summed E-state index contributed by atoms with van der Waals surface area (Å²) in [6.07, 6.45) is 0.817. The largest absolute Gasteiger partial charge is 0.365 e. The van der Waals surface area contributed by atoms with Gasteiger partial charge in [0.15, 0.2) is 0 Å². The Morgan fingerprint density at radius 2 is 2.14 bits per heavy atom. The molecule has 0 radical (unpaired) electrons. The van der Waals surface area contributed by atoms with Gasteiger partial charge < -0.3 is 4.74 Å². The molecule has 1 nitrogen and oxygen atoms in total. The molecule has 1 rings (SSSR count). The number of ether oxygens (including phenoxy) is 1. The van der Waals surface area contributed by atoms with E-state index < -0.39 is 0 Å². The molecule has 0 aromatic rings. The molecule has 0 aromatic heterocycles. The maximum atomic E-state index is 5.08. The molecule has 0 saturated carbocycles. The fourth-order valence-electron chi connectivity index (χ4n) is 0.703. The second-order valence-corrected chi connectivity index (χ2v) is 2.11. The van der Waals surface area contributed by atoms with Crippen LogP contribution >= 0.6 is 0 Å². The Hall–Kier alpha value is -0.300. The summed E-state index contributed by atoms with van der Waals surface area (Å²) in [5, 5.41) is 0. The van der Waals surface area contributed by atoms with E-state index in [2.05, 4.69) is 13.5 Å². The Kier molecular flexibility index (Phi) is 0.927. The van der Waals surface area contributed by atoms with Crippen LogP contribution in [0.15, 0.2) is 12.2 Å². The van der Waals surface area contributed by atoms with E-state index in [1.54, 1.807) is 0 Å². The van der Waals surface area contributed by atoms with Gasteiger partial charge in [0.25, 0.3) is 0 Å². The molecule has 7 heavy (non-hydrogen) atoms. The van der Waals surface area contributed by atoms with Crippen molar-refractivity contribution in [3.8, 4) is 0 Å². The van der Waals surface area contributed by atoms with Gasteiger partial charge in [-0.15, -0.1) is 0 Å². The summed E-state index contributed by atoms with van der Waals surface area (Å²) < 4.78 is 5.08. The summed E-state index contributed by atoms with van der Waals surface area (Å²) in [7, 11) is 0. The minimum absolute atomic E-state index is 0.375. The van der Waals surface area contributed by atoms with Crippen LogP contribution in [0.25, 0.3) is 0 Å². The lowest BCUT2D eigenvalue weighted by Crippen LogP contribution is -1.87. The minimum Gasteiger partial charge on any atom is -0.365 e. The van der Waals surface area contributed by atoms with Crippen molar-refractivity contribution >= 4 is 0 Å². The van der Waals surface area contributed by atoms with Gasteiger partial charge in [0.2, 0.25) is 0 Å². The van der Waals surface area contributed by atoms with Gasteiger partial charge in [-0.1, -0.05) is 6.58 Å². The predicted octanol–water partition coefficient (Wildman–Crippen LogP) is 1.35. The second-order valence-electron chi connectivity index (χ2n) is 2.11. The van der Waals surface area contributed by atoms with Crippen LogP contribution in [-0.4, -0.2) is 12.2 Å². The molecule has 0 aliphatic carbocycles. The SMILES string of the molecule is C=C(C)C1OC1C. The molecule has 1 saturated heterocycles. The van der Waals surface area contributed by atoms with Crippen molar-refractivity contribution in [1.82, 2.24) is 0 Å². The predicted molar refractivity (Wildman–Crippen MR) is 29.1 cm³/mol. The highest BCUT2D eigenvalue weighted by Crippen LogP contribution is 2.26. The molecule has 1 heterocycles. The third-order valence-corrected chi connectivity index (χ3v) is 1.20. The summed E-state index contributed by atoms with van der Waals surface area (Å²) in [6, 6.07) is 0. The Morgan fingerprint density at radius 1 is 1.71 bits per heavy atom. The van der Waals surface area contributed by atoms with Gasteiger partial charge in [0.05, 0.1) is 6.10 Å². The van der Waals surface area contributed by atoms with Crippen molar-refractivity contribution in [3.63, 3.8) is 0 Å². The molecule has 0 amide bonds. The van der Waals surface area contributed by atoms with Gasteiger partial charge >= 0.3 is 0 Å². The maximum Gasteiger partial charge on any atom is 0.104 e. The van der Waals surface area contributed by atoms with Crippen molar-refractivity contribution in [3.05, 3.63) is 12.2 Å². The van der Waals surface area contributed by atoms with E-state index in [0.29, 0.717) is 12.2 Å². The zero-order valence-corrected chi connectivity index (χ0v) is 4.77. The molecule has 1 aliphatic heterocycles.